The lowest BCUT2D eigenvalue weighted by Gasteiger charge is -2.16. The summed E-state index contributed by atoms with van der Waals surface area (Å²) in [6, 6.07) is 8.08. The number of rotatable bonds is 8. The molecule has 1 aromatic rings. The van der Waals surface area contributed by atoms with Crippen LogP contribution in [0.5, 0.6) is 5.75 Å². The first-order chi connectivity index (χ1) is 11.8. The number of allylic oxidation sites excluding steroid dienone is 2. The highest BCUT2D eigenvalue weighted by atomic mass is 16.8. The Morgan fingerprint density at radius 2 is 2.12 bits per heavy atom. The van der Waals surface area contributed by atoms with E-state index < -0.39 is 24.0 Å². The van der Waals surface area contributed by atoms with Crippen LogP contribution in [0.3, 0.4) is 0 Å². The molecule has 0 unspecified atom stereocenters. The fraction of sp³-hybridized carbons (Fsp3) is 0.550. The van der Waals surface area contributed by atoms with Crippen LogP contribution in [0.25, 0.3) is 0 Å². The van der Waals surface area contributed by atoms with Crippen LogP contribution in [0.4, 0.5) is 0 Å². The maximum Gasteiger partial charge on any atom is 0.335 e. The molecule has 1 aromatic carbocycles. The summed E-state index contributed by atoms with van der Waals surface area (Å²) in [4.78, 5) is 11.3. The SMILES string of the molecule is COc1cccc(CC/C=C(\C)CC[C@@H]2OC(C)(C)O[C@H]2C(=O)O)c1. The van der Waals surface area contributed by atoms with Crippen LogP contribution < -0.4 is 4.74 Å². The highest BCUT2D eigenvalue weighted by molar-refractivity contribution is 5.73. The minimum Gasteiger partial charge on any atom is -0.497 e. The lowest BCUT2D eigenvalue weighted by molar-refractivity contribution is -0.165. The van der Waals surface area contributed by atoms with Gasteiger partial charge in [-0.25, -0.2) is 4.79 Å². The van der Waals surface area contributed by atoms with E-state index in [-0.39, 0.29) is 0 Å². The lowest BCUT2D eigenvalue weighted by Crippen LogP contribution is -2.31. The third-order valence-corrected chi connectivity index (χ3v) is 4.31. The highest BCUT2D eigenvalue weighted by Gasteiger charge is 2.44. The average molecular weight is 348 g/mol. The molecule has 5 nitrogen and oxygen atoms in total. The standard InChI is InChI=1S/C20H28O5/c1-14(7-5-8-15-9-6-10-16(13-15)23-4)11-12-17-18(19(21)22)25-20(2,3)24-17/h6-7,9-10,13,17-18H,5,8,11-12H2,1-4H3,(H,21,22)/b14-7+/t17-,18+/m0/s1. The van der Waals surface area contributed by atoms with Gasteiger partial charge in [0.15, 0.2) is 11.9 Å². The molecule has 2 atom stereocenters. The van der Waals surface area contributed by atoms with Gasteiger partial charge >= 0.3 is 5.97 Å². The summed E-state index contributed by atoms with van der Waals surface area (Å²) < 4.78 is 16.4. The van der Waals surface area contributed by atoms with Crippen molar-refractivity contribution in [3.63, 3.8) is 0 Å². The van der Waals surface area contributed by atoms with Crippen LogP contribution >= 0.6 is 0 Å². The molecule has 0 saturated carbocycles. The fourth-order valence-corrected chi connectivity index (χ4v) is 3.04. The van der Waals surface area contributed by atoms with Gasteiger partial charge in [-0.3, -0.25) is 0 Å². The second kappa shape index (κ2) is 8.50. The monoisotopic (exact) mass is 348 g/mol. The van der Waals surface area contributed by atoms with Crippen LogP contribution in [0, 0.1) is 0 Å². The lowest BCUT2D eigenvalue weighted by atomic mass is 10.0. The van der Waals surface area contributed by atoms with E-state index in [1.807, 2.05) is 18.2 Å². The van der Waals surface area contributed by atoms with Crippen molar-refractivity contribution < 1.29 is 24.1 Å². The molecule has 1 aliphatic rings. The normalized spacial score (nSPS) is 22.8. The van der Waals surface area contributed by atoms with E-state index >= 15 is 0 Å². The molecule has 0 spiro atoms. The first-order valence-electron chi connectivity index (χ1n) is 8.68. The predicted octanol–water partition coefficient (Wildman–Crippen LogP) is 3.96. The van der Waals surface area contributed by atoms with Gasteiger partial charge in [-0.15, -0.1) is 0 Å². The Balaban J connectivity index is 1.81. The molecule has 5 heteroatoms. The van der Waals surface area contributed by atoms with Gasteiger partial charge in [0.2, 0.25) is 0 Å². The molecule has 0 bridgehead atoms. The van der Waals surface area contributed by atoms with E-state index in [0.29, 0.717) is 6.42 Å². The Labute approximate surface area is 149 Å². The van der Waals surface area contributed by atoms with E-state index in [1.165, 1.54) is 11.1 Å². The predicted molar refractivity (Wildman–Crippen MR) is 95.8 cm³/mol. The van der Waals surface area contributed by atoms with E-state index in [9.17, 15) is 9.90 Å². The summed E-state index contributed by atoms with van der Waals surface area (Å²) in [5.41, 5.74) is 2.48. The van der Waals surface area contributed by atoms with Gasteiger partial charge in [-0.2, -0.15) is 0 Å². The van der Waals surface area contributed by atoms with Gasteiger partial charge in [0.05, 0.1) is 13.2 Å². The van der Waals surface area contributed by atoms with Gasteiger partial charge in [0.25, 0.3) is 0 Å². The molecule has 0 aromatic heterocycles. The largest absolute Gasteiger partial charge is 0.497 e. The molecule has 1 heterocycles. The van der Waals surface area contributed by atoms with Crippen molar-refractivity contribution in [1.29, 1.82) is 0 Å². The van der Waals surface area contributed by atoms with Gasteiger partial charge in [0, 0.05) is 0 Å². The third-order valence-electron chi connectivity index (χ3n) is 4.31. The first-order valence-corrected chi connectivity index (χ1v) is 8.68. The highest BCUT2D eigenvalue weighted by Crippen LogP contribution is 2.31. The molecular formula is C20H28O5. The zero-order chi connectivity index (χ0) is 18.4. The Bertz CT molecular complexity index is 620. The van der Waals surface area contributed by atoms with Crippen LogP contribution in [0.15, 0.2) is 35.9 Å². The molecule has 0 radical (unpaired) electrons. The molecule has 1 aliphatic heterocycles. The number of carboxylic acid groups (broad SMARTS) is 1. The number of carbonyl (C=O) groups is 1. The van der Waals surface area contributed by atoms with E-state index in [4.69, 9.17) is 14.2 Å². The third kappa shape index (κ3) is 5.87. The second-order valence-electron chi connectivity index (χ2n) is 6.91. The number of methoxy groups -OCH3 is 1. The summed E-state index contributed by atoms with van der Waals surface area (Å²) in [6.45, 7) is 5.57. The van der Waals surface area contributed by atoms with Crippen molar-refractivity contribution in [3.8, 4) is 5.75 Å². The number of aliphatic carboxylic acids is 1. The summed E-state index contributed by atoms with van der Waals surface area (Å²) in [5, 5.41) is 9.26. The van der Waals surface area contributed by atoms with Crippen molar-refractivity contribution in [2.75, 3.05) is 7.11 Å². The first kappa shape index (κ1) is 19.5. The minimum atomic E-state index is -0.963. The molecule has 1 saturated heterocycles. The summed E-state index contributed by atoms with van der Waals surface area (Å²) in [5.74, 6) is -0.924. The number of hydrogen-bond acceptors (Lipinski definition) is 4. The van der Waals surface area contributed by atoms with Crippen LogP contribution in [-0.2, 0) is 20.7 Å². The molecule has 25 heavy (non-hydrogen) atoms. The van der Waals surface area contributed by atoms with Crippen molar-refractivity contribution in [2.24, 2.45) is 0 Å². The average Bonchev–Trinajstić information content (AvgIpc) is 2.88. The van der Waals surface area contributed by atoms with Crippen LogP contribution in [0.1, 0.15) is 45.6 Å². The van der Waals surface area contributed by atoms with Gasteiger partial charge in [0.1, 0.15) is 5.75 Å². The van der Waals surface area contributed by atoms with Crippen molar-refractivity contribution in [2.45, 2.75) is 64.4 Å². The number of carboxylic acids is 1. The molecule has 1 N–H and O–H groups in total. The van der Waals surface area contributed by atoms with Gasteiger partial charge < -0.3 is 19.3 Å². The smallest absolute Gasteiger partial charge is 0.335 e. The molecule has 2 rings (SSSR count). The number of hydrogen-bond donors (Lipinski definition) is 1. The number of aryl methyl sites for hydroxylation is 1. The van der Waals surface area contributed by atoms with Crippen LogP contribution in [-0.4, -0.2) is 36.2 Å². The van der Waals surface area contributed by atoms with E-state index in [2.05, 4.69) is 19.1 Å². The van der Waals surface area contributed by atoms with E-state index in [1.54, 1.807) is 21.0 Å². The Morgan fingerprint density at radius 1 is 1.36 bits per heavy atom. The topological polar surface area (TPSA) is 65.0 Å². The summed E-state index contributed by atoms with van der Waals surface area (Å²) >= 11 is 0. The maximum atomic E-state index is 11.3. The number of benzene rings is 1. The quantitative estimate of drug-likeness (QED) is 0.721. The fourth-order valence-electron chi connectivity index (χ4n) is 3.04. The second-order valence-corrected chi connectivity index (χ2v) is 6.91. The maximum absolute atomic E-state index is 11.3. The number of ether oxygens (including phenoxy) is 3. The zero-order valence-corrected chi connectivity index (χ0v) is 15.5. The summed E-state index contributed by atoms with van der Waals surface area (Å²) in [6.07, 6.45) is 4.23. The van der Waals surface area contributed by atoms with Crippen molar-refractivity contribution in [3.05, 3.63) is 41.5 Å². The summed E-state index contributed by atoms with van der Waals surface area (Å²) in [7, 11) is 1.67. The zero-order valence-electron chi connectivity index (χ0n) is 15.5. The molecule has 1 fully saturated rings. The Hall–Kier alpha value is -1.85. The molecular weight excluding hydrogens is 320 g/mol. The van der Waals surface area contributed by atoms with Crippen molar-refractivity contribution in [1.82, 2.24) is 0 Å². The van der Waals surface area contributed by atoms with Gasteiger partial charge in [-0.05, 0) is 64.2 Å². The minimum absolute atomic E-state index is 0.408. The van der Waals surface area contributed by atoms with Crippen LogP contribution in [0.2, 0.25) is 0 Å². The molecule has 138 valence electrons. The van der Waals surface area contributed by atoms with Crippen molar-refractivity contribution >= 4 is 5.97 Å². The van der Waals surface area contributed by atoms with E-state index in [0.717, 1.165) is 25.0 Å². The Kier molecular flexibility index (Phi) is 6.62. The molecule has 0 amide bonds. The molecule has 0 aliphatic carbocycles. The van der Waals surface area contributed by atoms with Gasteiger partial charge in [-0.1, -0.05) is 23.8 Å². The Morgan fingerprint density at radius 3 is 2.80 bits per heavy atom.